The topological polar surface area (TPSA) is 75.6 Å². The molecule has 0 aliphatic carbocycles. The lowest BCUT2D eigenvalue weighted by atomic mass is 10.1. The van der Waals surface area contributed by atoms with Crippen molar-refractivity contribution in [3.63, 3.8) is 0 Å². The highest BCUT2D eigenvalue weighted by Crippen LogP contribution is 2.25. The van der Waals surface area contributed by atoms with Gasteiger partial charge in [0.25, 0.3) is 0 Å². The van der Waals surface area contributed by atoms with E-state index in [1.165, 1.54) is 14.0 Å². The van der Waals surface area contributed by atoms with Crippen molar-refractivity contribution in [2.75, 3.05) is 7.11 Å². The van der Waals surface area contributed by atoms with Crippen molar-refractivity contribution >= 4 is 23.5 Å². The number of rotatable bonds is 5. The molecule has 0 fully saturated rings. The van der Waals surface area contributed by atoms with Gasteiger partial charge in [-0.25, -0.2) is 4.79 Å². The number of nitrogens with one attached hydrogen (secondary N) is 1. The molecule has 1 aromatic carbocycles. The van der Waals surface area contributed by atoms with E-state index in [4.69, 9.17) is 21.4 Å². The lowest BCUT2D eigenvalue weighted by Crippen LogP contribution is -2.41. The summed E-state index contributed by atoms with van der Waals surface area (Å²) in [5.41, 5.74) is 0.710. The number of hydrogen-bond acceptors (Lipinski definition) is 3. The molecule has 0 unspecified atom stereocenters. The fourth-order valence-electron chi connectivity index (χ4n) is 1.52. The minimum absolute atomic E-state index is 0.165. The maximum atomic E-state index is 11.0. The maximum Gasteiger partial charge on any atom is 0.326 e. The minimum Gasteiger partial charge on any atom is -0.495 e. The number of benzene rings is 1. The summed E-state index contributed by atoms with van der Waals surface area (Å²) >= 11 is 5.94. The molecule has 1 aromatic rings. The van der Waals surface area contributed by atoms with Crippen LogP contribution in [0.15, 0.2) is 18.2 Å². The van der Waals surface area contributed by atoms with Gasteiger partial charge in [0.15, 0.2) is 0 Å². The van der Waals surface area contributed by atoms with Crippen molar-refractivity contribution < 1.29 is 19.4 Å². The first-order chi connectivity index (χ1) is 8.43. The van der Waals surface area contributed by atoms with E-state index < -0.39 is 12.0 Å². The molecule has 18 heavy (non-hydrogen) atoms. The fraction of sp³-hybridized carbons (Fsp3) is 0.333. The van der Waals surface area contributed by atoms with Crippen LogP contribution in [-0.2, 0) is 16.0 Å². The molecule has 1 rings (SSSR count). The molecule has 1 amide bonds. The summed E-state index contributed by atoms with van der Waals surface area (Å²) < 4.78 is 5.00. The van der Waals surface area contributed by atoms with Crippen LogP contribution in [0, 0.1) is 0 Å². The molecule has 98 valence electrons. The highest BCUT2D eigenvalue weighted by Gasteiger charge is 2.19. The summed E-state index contributed by atoms with van der Waals surface area (Å²) in [7, 11) is 1.50. The maximum absolute atomic E-state index is 11.0. The number of carboxylic acids is 1. The third kappa shape index (κ3) is 3.92. The molecule has 0 spiro atoms. The van der Waals surface area contributed by atoms with Gasteiger partial charge in [0.1, 0.15) is 11.8 Å². The number of halogens is 1. The van der Waals surface area contributed by atoms with Gasteiger partial charge in [-0.2, -0.15) is 0 Å². The Kier molecular flexibility index (Phi) is 4.97. The second-order valence-electron chi connectivity index (χ2n) is 3.76. The molecule has 6 heteroatoms. The fourth-order valence-corrected chi connectivity index (χ4v) is 1.80. The Morgan fingerprint density at radius 2 is 2.17 bits per heavy atom. The van der Waals surface area contributed by atoms with E-state index >= 15 is 0 Å². The van der Waals surface area contributed by atoms with Crippen LogP contribution in [0.5, 0.6) is 5.75 Å². The first-order valence-electron chi connectivity index (χ1n) is 5.26. The third-order valence-corrected chi connectivity index (χ3v) is 2.63. The van der Waals surface area contributed by atoms with Crippen LogP contribution >= 0.6 is 11.6 Å². The smallest absolute Gasteiger partial charge is 0.326 e. The van der Waals surface area contributed by atoms with Gasteiger partial charge in [0.05, 0.1) is 12.1 Å². The van der Waals surface area contributed by atoms with Crippen molar-refractivity contribution in [2.45, 2.75) is 19.4 Å². The molecule has 1 atom stereocenters. The predicted octanol–water partition coefficient (Wildman–Crippen LogP) is 1.48. The van der Waals surface area contributed by atoms with Crippen LogP contribution in [0.2, 0.25) is 5.02 Å². The van der Waals surface area contributed by atoms with Gasteiger partial charge < -0.3 is 15.2 Å². The summed E-state index contributed by atoms with van der Waals surface area (Å²) in [5.74, 6) is -0.953. The Hall–Kier alpha value is -1.75. The zero-order chi connectivity index (χ0) is 13.7. The predicted molar refractivity (Wildman–Crippen MR) is 66.9 cm³/mol. The van der Waals surface area contributed by atoms with Crippen LogP contribution in [-0.4, -0.2) is 30.1 Å². The first kappa shape index (κ1) is 14.3. The Labute approximate surface area is 110 Å². The lowest BCUT2D eigenvalue weighted by Gasteiger charge is -2.14. The summed E-state index contributed by atoms with van der Waals surface area (Å²) in [6.45, 7) is 1.27. The second kappa shape index (κ2) is 6.26. The average molecular weight is 272 g/mol. The van der Waals surface area contributed by atoms with E-state index in [2.05, 4.69) is 5.32 Å². The van der Waals surface area contributed by atoms with Crippen LogP contribution in [0.1, 0.15) is 12.5 Å². The van der Waals surface area contributed by atoms with E-state index in [1.807, 2.05) is 0 Å². The molecule has 0 saturated carbocycles. The SMILES string of the molecule is COc1ccc(C[C@H](NC(C)=O)C(=O)O)cc1Cl. The number of amides is 1. The number of carbonyl (C=O) groups excluding carboxylic acids is 1. The van der Waals surface area contributed by atoms with E-state index in [1.54, 1.807) is 18.2 Å². The van der Waals surface area contributed by atoms with Crippen LogP contribution in [0.25, 0.3) is 0 Å². The number of carboxylic acid groups (broad SMARTS) is 1. The highest BCUT2D eigenvalue weighted by molar-refractivity contribution is 6.32. The molecule has 0 radical (unpaired) electrons. The summed E-state index contributed by atoms with van der Waals surface area (Å²) in [5, 5.41) is 11.7. The third-order valence-electron chi connectivity index (χ3n) is 2.33. The van der Waals surface area contributed by atoms with Crippen molar-refractivity contribution in [1.82, 2.24) is 5.32 Å². The van der Waals surface area contributed by atoms with Gasteiger partial charge >= 0.3 is 5.97 Å². The number of hydrogen-bond donors (Lipinski definition) is 2. The van der Waals surface area contributed by atoms with Crippen molar-refractivity contribution in [2.24, 2.45) is 0 Å². The van der Waals surface area contributed by atoms with Gasteiger partial charge in [-0.1, -0.05) is 17.7 Å². The summed E-state index contributed by atoms with van der Waals surface area (Å²) in [6, 6.07) is 4.03. The highest BCUT2D eigenvalue weighted by atomic mass is 35.5. The summed E-state index contributed by atoms with van der Waals surface area (Å²) in [6.07, 6.45) is 0.165. The van der Waals surface area contributed by atoms with Crippen molar-refractivity contribution in [3.05, 3.63) is 28.8 Å². The van der Waals surface area contributed by atoms with Gasteiger partial charge in [-0.05, 0) is 17.7 Å². The minimum atomic E-state index is -1.09. The van der Waals surface area contributed by atoms with Gasteiger partial charge in [0.2, 0.25) is 5.91 Å². The van der Waals surface area contributed by atoms with Crippen LogP contribution in [0.4, 0.5) is 0 Å². The molecule has 0 aliphatic heterocycles. The molecular weight excluding hydrogens is 258 g/mol. The number of aliphatic carboxylic acids is 1. The van der Waals surface area contributed by atoms with E-state index in [-0.39, 0.29) is 12.3 Å². The second-order valence-corrected chi connectivity index (χ2v) is 4.17. The van der Waals surface area contributed by atoms with Gasteiger partial charge in [0, 0.05) is 13.3 Å². The lowest BCUT2D eigenvalue weighted by molar-refractivity contribution is -0.141. The molecule has 0 aromatic heterocycles. The molecule has 0 bridgehead atoms. The standard InChI is InChI=1S/C12H14ClNO4/c1-7(15)14-10(12(16)17)6-8-3-4-11(18-2)9(13)5-8/h3-5,10H,6H2,1-2H3,(H,14,15)(H,16,17)/t10-/m0/s1. The number of carbonyl (C=O) groups is 2. The van der Waals surface area contributed by atoms with Gasteiger partial charge in [-0.3, -0.25) is 4.79 Å². The normalized spacial score (nSPS) is 11.7. The zero-order valence-corrected chi connectivity index (χ0v) is 10.8. The average Bonchev–Trinajstić information content (AvgIpc) is 2.27. The Morgan fingerprint density at radius 1 is 1.50 bits per heavy atom. The Balaban J connectivity index is 2.84. The summed E-state index contributed by atoms with van der Waals surface area (Å²) in [4.78, 5) is 21.9. The Bertz CT molecular complexity index is 461. The molecular formula is C12H14ClNO4. The van der Waals surface area contributed by atoms with Crippen molar-refractivity contribution in [3.8, 4) is 5.75 Å². The number of methoxy groups -OCH3 is 1. The molecule has 2 N–H and O–H groups in total. The zero-order valence-electron chi connectivity index (χ0n) is 10.1. The van der Waals surface area contributed by atoms with E-state index in [0.29, 0.717) is 16.3 Å². The van der Waals surface area contributed by atoms with E-state index in [0.717, 1.165) is 0 Å². The Morgan fingerprint density at radius 3 is 2.61 bits per heavy atom. The quantitative estimate of drug-likeness (QED) is 0.851. The monoisotopic (exact) mass is 271 g/mol. The molecule has 0 saturated heterocycles. The van der Waals surface area contributed by atoms with Gasteiger partial charge in [-0.15, -0.1) is 0 Å². The molecule has 5 nitrogen and oxygen atoms in total. The molecule has 0 aliphatic rings. The number of ether oxygens (including phenoxy) is 1. The van der Waals surface area contributed by atoms with Crippen LogP contribution in [0.3, 0.4) is 0 Å². The van der Waals surface area contributed by atoms with Crippen molar-refractivity contribution in [1.29, 1.82) is 0 Å². The first-order valence-corrected chi connectivity index (χ1v) is 5.64. The van der Waals surface area contributed by atoms with Crippen LogP contribution < -0.4 is 10.1 Å². The largest absolute Gasteiger partial charge is 0.495 e. The molecule has 0 heterocycles. The van der Waals surface area contributed by atoms with E-state index in [9.17, 15) is 9.59 Å².